The Hall–Kier alpha value is -11.9. The van der Waals surface area contributed by atoms with Crippen LogP contribution in [-0.4, -0.2) is 202 Å². The van der Waals surface area contributed by atoms with E-state index in [1.165, 1.54) is 18.9 Å². The third-order valence-corrected chi connectivity index (χ3v) is 21.4. The molecule has 3 aromatic carbocycles. The Morgan fingerprint density at radius 1 is 0.600 bits per heavy atom. The van der Waals surface area contributed by atoms with E-state index in [1.54, 1.807) is 47.0 Å². The normalized spacial score (nSPS) is 22.4. The highest BCUT2D eigenvalue weighted by atomic mass is 32.2. The number of nitrogens with one attached hydrogen (secondary N) is 2. The fourth-order valence-corrected chi connectivity index (χ4v) is 14.0. The molecule has 9 saturated carbocycles. The fraction of sp³-hybridized carbons (Fsp3) is 0.512. The summed E-state index contributed by atoms with van der Waals surface area (Å²) in [6.45, 7) is 12.3. The van der Waals surface area contributed by atoms with Crippen LogP contribution >= 0.6 is 0 Å². The van der Waals surface area contributed by atoms with Gasteiger partial charge in [-0.1, -0.05) is 168 Å². The smallest absolute Gasteiger partial charge is 0.358 e. The van der Waals surface area contributed by atoms with E-state index in [-0.39, 0.29) is 122 Å². The highest BCUT2D eigenvalue weighted by Crippen LogP contribution is 2.38. The summed E-state index contributed by atoms with van der Waals surface area (Å²) in [5, 5.41) is 103. The van der Waals surface area contributed by atoms with E-state index in [0.717, 1.165) is 118 Å². The molecule has 9 aromatic rings. The number of carbonyl (C=O) groups is 7. The van der Waals surface area contributed by atoms with E-state index in [0.29, 0.717) is 77.0 Å². The monoisotopic (exact) mass is 1750 g/mol. The maximum absolute atomic E-state index is 12.3. The van der Waals surface area contributed by atoms with Crippen LogP contribution in [0, 0.1) is 47.9 Å². The molecule has 0 radical (unpaired) electrons. The van der Waals surface area contributed by atoms with Crippen molar-refractivity contribution in [3.63, 3.8) is 0 Å². The Balaban J connectivity index is 0.000000198. The number of ketones is 3. The van der Waals surface area contributed by atoms with Crippen LogP contribution in [0.3, 0.4) is 0 Å². The SMILES string of the molecule is C#CCO.CC1CC(=O)C1.CC1CC(N=[N+]=[N-])C1.CC1CC(O)C1.CC1CC(OS(C)(=O)=O)C1.CC1CC(n2ccnn2)C1.CCO.NC1CC(=O)C1.O=C(NC1CC(n2cc(CO)nn2)C1)c1cc(-c2ccccc2)on1.O=C(NC1CC(n2nncc2CO)C1)c1cc(-c2ccccc2)on1.O=C(O)c1cc(-c2ccccc2)on1.O=C1CC(C(=O)O)C1. The summed E-state index contributed by atoms with van der Waals surface area (Å²) in [7, 11) is -3.21. The molecule has 6 aromatic heterocycles. The Bertz CT molecular complexity index is 4930. The number of hydrogen-bond donors (Lipinski definition) is 10. The minimum atomic E-state index is -3.21. The molecular weight excluding hydrogens is 1640 g/mol. The van der Waals surface area contributed by atoms with Crippen molar-refractivity contribution in [2.45, 2.75) is 225 Å². The number of carbonyl (C=O) groups excluding carboxylic acids is 5. The van der Waals surface area contributed by atoms with Crippen molar-refractivity contribution >= 4 is 51.2 Å². The summed E-state index contributed by atoms with van der Waals surface area (Å²) in [6.07, 6.45) is 27.5. The van der Waals surface area contributed by atoms with Crippen LogP contribution < -0.4 is 16.4 Å². The maximum Gasteiger partial charge on any atom is 0.358 e. The zero-order valence-corrected chi connectivity index (χ0v) is 71.9. The highest BCUT2D eigenvalue weighted by molar-refractivity contribution is 7.86. The molecule has 39 heteroatoms. The van der Waals surface area contributed by atoms with E-state index in [9.17, 15) is 47.1 Å². The number of aliphatic carboxylic acids is 1. The minimum Gasteiger partial charge on any atom is -0.481 e. The van der Waals surface area contributed by atoms with Crippen molar-refractivity contribution in [2.24, 2.45) is 46.4 Å². The molecule has 11 N–H and O–H groups in total. The number of hydrogen-bond acceptors (Lipinski definition) is 29. The number of terminal acetylenes is 1. The second-order valence-corrected chi connectivity index (χ2v) is 33.7. The van der Waals surface area contributed by atoms with Crippen LogP contribution in [-0.2, 0) is 46.7 Å². The van der Waals surface area contributed by atoms with Gasteiger partial charge in [0.1, 0.15) is 29.7 Å². The van der Waals surface area contributed by atoms with Gasteiger partial charge in [-0.05, 0) is 119 Å². The Kier molecular flexibility index (Phi) is 41.2. The molecule has 38 nitrogen and oxygen atoms in total. The van der Waals surface area contributed by atoms with Gasteiger partial charge in [-0.15, -0.1) is 21.7 Å². The van der Waals surface area contributed by atoms with Gasteiger partial charge in [-0.2, -0.15) is 8.42 Å². The number of azide groups is 1. The van der Waals surface area contributed by atoms with E-state index in [1.807, 2.05) is 108 Å². The van der Waals surface area contributed by atoms with Crippen LogP contribution in [0.4, 0.5) is 0 Å². The number of aliphatic hydroxyl groups excluding tert-OH is 5. The summed E-state index contributed by atoms with van der Waals surface area (Å²) in [5.41, 5.74) is 17.4. The standard InChI is InChI=1S/2C17H17N5O3.C10H7NO3.C7H11N3.C6H12O3S.C5H9N3.C5H6O3.C5H10O.C5H8O.C4H7NO.C3H4O.C2H6O/c23-10-13-9-22(21-19-13)14-6-12(7-14)18-17(24)15-8-16(25-20-15)11-4-2-1-3-5-11;23-10-14-9-18-21-22(14)13-6-12(7-13)19-17(24)15-8-16(25-20-15)11-4-2-1-3-5-11;12-10(13)8-6-9(14-11-8)7-4-2-1-3-5-7;1-6-4-7(5-6)10-3-2-8-9-10;1-5-3-6(4-5)9-10(2,7)8;1-4-2-5(3-4)7-8-6;6-4-1-3(2-4)5(7)8;2*1-4-2-5(6)3-4;5-3-1-4(6)2-3;1-2-3-4;1-2-3/h1-5,8-9,12,14,23H,6-7,10H2,(H,18,24);1-5,8-9,12-13,23H,6-7,10H2,(H,19,24);1-6H,(H,12,13);2-3,6-7H,4-5H2,1H3;5-6H,3-4H2,1-2H3;4-5H,2-3H2,1H3;3H,1-2H2,(H,7,8);4-6H,2-3H2,1H3;4H,2-3H2,1H3;3H,1-2,5H2;1,4H,3H2;3H,2H2,1H3. The van der Waals surface area contributed by atoms with Gasteiger partial charge < -0.3 is 65.7 Å². The first-order valence-electron chi connectivity index (χ1n) is 41.4. The fourth-order valence-electron chi connectivity index (χ4n) is 13.4. The summed E-state index contributed by atoms with van der Waals surface area (Å²) in [4.78, 5) is 78.1. The number of Topliss-reactive ketones (excluding diaryl/α,β-unsaturated/α-hetero) is 3. The van der Waals surface area contributed by atoms with Gasteiger partial charge in [-0.25, -0.2) is 18.8 Å². The molecule has 9 aliphatic carbocycles. The topological polar surface area (TPSA) is 574 Å². The van der Waals surface area contributed by atoms with E-state index in [2.05, 4.69) is 108 Å². The number of rotatable bonds is 17. The number of nitrogens with two attached hydrogens (primary N) is 1. The molecule has 674 valence electrons. The number of aliphatic hydroxyl groups is 5. The molecule has 0 bridgehead atoms. The van der Waals surface area contributed by atoms with Crippen molar-refractivity contribution < 1.29 is 95.5 Å². The molecule has 0 atom stereocenters. The molecule has 6 heterocycles. The lowest BCUT2D eigenvalue weighted by Crippen LogP contribution is -2.45. The van der Waals surface area contributed by atoms with Crippen LogP contribution in [0.5, 0.6) is 0 Å². The Morgan fingerprint density at radius 2 is 1.04 bits per heavy atom. The zero-order valence-electron chi connectivity index (χ0n) is 71.1. The molecule has 0 aliphatic heterocycles. The van der Waals surface area contributed by atoms with Crippen molar-refractivity contribution in [3.8, 4) is 46.3 Å². The number of benzene rings is 3. The summed E-state index contributed by atoms with van der Waals surface area (Å²) < 4.78 is 46.6. The van der Waals surface area contributed by atoms with Crippen molar-refractivity contribution in [1.29, 1.82) is 0 Å². The quantitative estimate of drug-likeness (QED) is 0.0133. The Morgan fingerprint density at radius 3 is 1.35 bits per heavy atom. The van der Waals surface area contributed by atoms with Crippen molar-refractivity contribution in [2.75, 3.05) is 19.5 Å². The average molecular weight is 1750 g/mol. The number of amides is 2. The van der Waals surface area contributed by atoms with Gasteiger partial charge in [-0.3, -0.25) is 33.0 Å². The molecule has 2 amide bonds. The second kappa shape index (κ2) is 51.4. The summed E-state index contributed by atoms with van der Waals surface area (Å²) in [6, 6.07) is 34.5. The van der Waals surface area contributed by atoms with Gasteiger partial charge in [0.15, 0.2) is 34.4 Å². The third kappa shape index (κ3) is 34.7. The van der Waals surface area contributed by atoms with Crippen LogP contribution in [0.15, 0.2) is 153 Å². The van der Waals surface area contributed by atoms with Gasteiger partial charge in [0.25, 0.3) is 21.9 Å². The number of aromatic carboxylic acids is 1. The maximum atomic E-state index is 12.3. The first-order chi connectivity index (χ1) is 59.8. The average Bonchev–Trinajstić information content (AvgIpc) is 1.74. The van der Waals surface area contributed by atoms with Crippen molar-refractivity contribution in [3.05, 3.63) is 173 Å². The number of carboxylic acids is 2. The molecule has 0 unspecified atom stereocenters. The zero-order chi connectivity index (χ0) is 91.1. The molecule has 125 heavy (non-hydrogen) atoms. The Labute approximate surface area is 724 Å². The largest absolute Gasteiger partial charge is 0.481 e. The lowest BCUT2D eigenvalue weighted by molar-refractivity contribution is -0.149. The van der Waals surface area contributed by atoms with Gasteiger partial charge >= 0.3 is 11.9 Å². The van der Waals surface area contributed by atoms with Crippen LogP contribution in [0.2, 0.25) is 0 Å². The molecule has 0 saturated heterocycles. The second-order valence-electron chi connectivity index (χ2n) is 32.1. The predicted molar refractivity (Wildman–Crippen MR) is 455 cm³/mol. The molecule has 18 rings (SSSR count). The van der Waals surface area contributed by atoms with Gasteiger partial charge in [0.2, 0.25) is 0 Å². The molecule has 9 aliphatic rings. The molecule has 9 fully saturated rings. The van der Waals surface area contributed by atoms with E-state index < -0.39 is 22.1 Å². The van der Waals surface area contributed by atoms with Gasteiger partial charge in [0, 0.05) is 115 Å². The molecule has 0 spiro atoms. The minimum absolute atomic E-state index is 0.0370. The predicted octanol–water partition coefficient (Wildman–Crippen LogP) is 10.4. The number of carboxylic acid groups (broad SMARTS) is 2. The highest BCUT2D eigenvalue weighted by Gasteiger charge is 2.37. The first-order valence-corrected chi connectivity index (χ1v) is 43.2. The summed E-state index contributed by atoms with van der Waals surface area (Å²) >= 11 is 0. The van der Waals surface area contributed by atoms with E-state index >= 15 is 0 Å². The lowest BCUT2D eigenvalue weighted by Gasteiger charge is -2.35. The molecular formula is C86H114N18O20S. The van der Waals surface area contributed by atoms with Gasteiger partial charge in [0.05, 0.1) is 80.0 Å². The first kappa shape index (κ1) is 100. The van der Waals surface area contributed by atoms with E-state index in [4.69, 9.17) is 59.7 Å². The van der Waals surface area contributed by atoms with Crippen LogP contribution in [0.1, 0.15) is 218 Å². The number of aromatic nitrogens is 12. The number of nitrogens with zero attached hydrogens (tertiary/aromatic N) is 15. The summed E-state index contributed by atoms with van der Waals surface area (Å²) in [5.74, 6) is 5.36. The lowest BCUT2D eigenvalue weighted by atomic mass is 9.82. The third-order valence-electron chi connectivity index (χ3n) is 20.8. The van der Waals surface area contributed by atoms with Crippen molar-refractivity contribution in [1.82, 2.24) is 71.1 Å². The van der Waals surface area contributed by atoms with Crippen LogP contribution in [0.25, 0.3) is 44.4 Å².